The number of amides is 2. The fraction of sp³-hybridized carbons (Fsp3) is 0.524. The third-order valence-electron chi connectivity index (χ3n) is 6.37. The van der Waals surface area contributed by atoms with E-state index in [1.54, 1.807) is 4.90 Å². The van der Waals surface area contributed by atoms with E-state index < -0.39 is 5.92 Å². The third kappa shape index (κ3) is 3.53. The van der Waals surface area contributed by atoms with Crippen molar-refractivity contribution < 1.29 is 14.1 Å². The van der Waals surface area contributed by atoms with Crippen molar-refractivity contribution in [3.63, 3.8) is 0 Å². The van der Waals surface area contributed by atoms with Crippen LogP contribution in [0.4, 0.5) is 0 Å². The number of hydrogen-bond donors (Lipinski definition) is 2. The zero-order chi connectivity index (χ0) is 19.8. The van der Waals surface area contributed by atoms with E-state index in [4.69, 9.17) is 4.52 Å². The Morgan fingerprint density at radius 2 is 2.07 bits per heavy atom. The number of carbonyl (C=O) groups excluding carboxylic acids is 2. The van der Waals surface area contributed by atoms with Crippen LogP contribution in [0.2, 0.25) is 0 Å². The summed E-state index contributed by atoms with van der Waals surface area (Å²) in [7, 11) is 0. The van der Waals surface area contributed by atoms with E-state index in [-0.39, 0.29) is 23.9 Å². The molecule has 8 nitrogen and oxygen atoms in total. The maximum atomic E-state index is 13.1. The summed E-state index contributed by atoms with van der Waals surface area (Å²) < 4.78 is 5.42. The predicted octanol–water partition coefficient (Wildman–Crippen LogP) is 1.51. The number of fused-ring (bicyclic) bond motifs is 1. The minimum absolute atomic E-state index is 0.0161. The summed E-state index contributed by atoms with van der Waals surface area (Å²) in [5.74, 6) is 0.688. The average Bonchev–Trinajstić information content (AvgIpc) is 3.43. The molecule has 5 rings (SSSR count). The van der Waals surface area contributed by atoms with Crippen LogP contribution < -0.4 is 10.6 Å². The van der Waals surface area contributed by atoms with Crippen LogP contribution in [-0.4, -0.2) is 52.7 Å². The Balaban J connectivity index is 1.24. The first-order valence-corrected chi connectivity index (χ1v) is 10.4. The molecule has 1 aromatic carbocycles. The molecule has 29 heavy (non-hydrogen) atoms. The van der Waals surface area contributed by atoms with Gasteiger partial charge in [-0.2, -0.15) is 4.98 Å². The molecule has 0 saturated carbocycles. The lowest BCUT2D eigenvalue weighted by Crippen LogP contribution is -2.60. The van der Waals surface area contributed by atoms with Crippen LogP contribution in [0.1, 0.15) is 37.4 Å². The van der Waals surface area contributed by atoms with Crippen LogP contribution in [0.3, 0.4) is 0 Å². The molecule has 3 aliphatic heterocycles. The van der Waals surface area contributed by atoms with Crippen LogP contribution in [0.5, 0.6) is 0 Å². The zero-order valence-electron chi connectivity index (χ0n) is 16.2. The first kappa shape index (κ1) is 18.3. The smallest absolute Gasteiger partial charge is 0.257 e. The van der Waals surface area contributed by atoms with Gasteiger partial charge in [-0.25, -0.2) is 0 Å². The number of piperidine rings is 2. The minimum Gasteiger partial charge on any atom is -0.341 e. The number of aromatic nitrogens is 2. The molecular weight excluding hydrogens is 370 g/mol. The number of benzene rings is 1. The largest absolute Gasteiger partial charge is 0.341 e. The highest BCUT2D eigenvalue weighted by Crippen LogP contribution is 2.32. The molecule has 4 unspecified atom stereocenters. The zero-order valence-corrected chi connectivity index (χ0v) is 16.2. The number of rotatable bonds is 3. The predicted molar refractivity (Wildman–Crippen MR) is 104 cm³/mol. The van der Waals surface area contributed by atoms with E-state index >= 15 is 0 Å². The SMILES string of the molecule is O=C1NC2NCCCC2CC1C(=O)N1CCC(c2noc(-c3ccccc3)n2)C1. The lowest BCUT2D eigenvalue weighted by atomic mass is 9.82. The van der Waals surface area contributed by atoms with Gasteiger partial charge in [-0.15, -0.1) is 0 Å². The van der Waals surface area contributed by atoms with Gasteiger partial charge in [0, 0.05) is 24.6 Å². The fourth-order valence-electron chi connectivity index (χ4n) is 4.74. The number of likely N-dealkylation sites (tertiary alicyclic amines) is 1. The first-order chi connectivity index (χ1) is 14.2. The molecule has 152 valence electrons. The molecule has 2 aromatic rings. The summed E-state index contributed by atoms with van der Waals surface area (Å²) in [6, 6.07) is 9.65. The Kier molecular flexibility index (Phi) is 4.79. The van der Waals surface area contributed by atoms with Crippen LogP contribution >= 0.6 is 0 Å². The van der Waals surface area contributed by atoms with Gasteiger partial charge in [0.2, 0.25) is 11.8 Å². The monoisotopic (exact) mass is 395 g/mol. The normalized spacial score (nSPS) is 29.4. The molecule has 0 aliphatic carbocycles. The van der Waals surface area contributed by atoms with Crippen molar-refractivity contribution in [1.29, 1.82) is 0 Å². The Bertz CT molecular complexity index is 899. The number of hydrogen-bond acceptors (Lipinski definition) is 6. The highest BCUT2D eigenvalue weighted by Gasteiger charge is 2.43. The van der Waals surface area contributed by atoms with Gasteiger partial charge in [0.25, 0.3) is 5.89 Å². The molecule has 4 heterocycles. The number of nitrogens with one attached hydrogen (secondary N) is 2. The van der Waals surface area contributed by atoms with Crippen molar-refractivity contribution in [1.82, 2.24) is 25.7 Å². The van der Waals surface area contributed by atoms with E-state index in [9.17, 15) is 9.59 Å². The van der Waals surface area contributed by atoms with E-state index in [0.29, 0.717) is 37.1 Å². The van der Waals surface area contributed by atoms with Crippen molar-refractivity contribution in [3.05, 3.63) is 36.2 Å². The van der Waals surface area contributed by atoms with Gasteiger partial charge in [0.15, 0.2) is 5.82 Å². The van der Waals surface area contributed by atoms with Gasteiger partial charge in [-0.1, -0.05) is 23.4 Å². The third-order valence-corrected chi connectivity index (χ3v) is 6.37. The Morgan fingerprint density at radius 3 is 2.93 bits per heavy atom. The first-order valence-electron chi connectivity index (χ1n) is 10.4. The minimum atomic E-state index is -0.583. The molecular formula is C21H25N5O3. The van der Waals surface area contributed by atoms with Gasteiger partial charge in [-0.05, 0) is 50.3 Å². The summed E-state index contributed by atoms with van der Waals surface area (Å²) in [4.78, 5) is 31.9. The molecule has 1 aromatic heterocycles. The Labute approximate surface area is 169 Å². The summed E-state index contributed by atoms with van der Waals surface area (Å²) >= 11 is 0. The van der Waals surface area contributed by atoms with Crippen LogP contribution in [0.15, 0.2) is 34.9 Å². The fourth-order valence-corrected chi connectivity index (χ4v) is 4.74. The number of nitrogens with zero attached hydrogens (tertiary/aromatic N) is 3. The highest BCUT2D eigenvalue weighted by molar-refractivity contribution is 6.01. The second-order valence-electron chi connectivity index (χ2n) is 8.22. The Morgan fingerprint density at radius 1 is 1.21 bits per heavy atom. The molecule has 4 atom stereocenters. The molecule has 2 amide bonds. The maximum absolute atomic E-state index is 13.1. The second-order valence-corrected chi connectivity index (χ2v) is 8.22. The van der Waals surface area contributed by atoms with Crippen molar-refractivity contribution in [2.24, 2.45) is 11.8 Å². The van der Waals surface area contributed by atoms with Gasteiger partial charge in [0.1, 0.15) is 5.92 Å². The molecule has 3 saturated heterocycles. The van der Waals surface area contributed by atoms with E-state index in [1.165, 1.54) is 0 Å². The molecule has 3 fully saturated rings. The topological polar surface area (TPSA) is 100 Å². The van der Waals surface area contributed by atoms with E-state index in [2.05, 4.69) is 20.8 Å². The molecule has 2 N–H and O–H groups in total. The molecule has 8 heteroatoms. The van der Waals surface area contributed by atoms with E-state index in [1.807, 2.05) is 30.3 Å². The lowest BCUT2D eigenvalue weighted by Gasteiger charge is -2.40. The van der Waals surface area contributed by atoms with Crippen LogP contribution in [0, 0.1) is 11.8 Å². The molecule has 0 bridgehead atoms. The summed E-state index contributed by atoms with van der Waals surface area (Å²) in [5.41, 5.74) is 0.881. The standard InChI is InChI=1S/C21H25N5O3/c27-19-16(11-14-7-4-9-22-17(14)23-19)21(28)26-10-8-15(12-26)18-24-20(29-25-18)13-5-2-1-3-6-13/h1-3,5-6,14-17,22H,4,7-12H2,(H,23,27). The molecule has 3 aliphatic rings. The summed E-state index contributed by atoms with van der Waals surface area (Å²) in [5, 5.41) is 10.5. The highest BCUT2D eigenvalue weighted by atomic mass is 16.5. The molecule has 0 spiro atoms. The van der Waals surface area contributed by atoms with Crippen molar-refractivity contribution in [2.45, 2.75) is 37.8 Å². The lowest BCUT2D eigenvalue weighted by molar-refractivity contribution is -0.145. The maximum Gasteiger partial charge on any atom is 0.257 e. The van der Waals surface area contributed by atoms with Crippen molar-refractivity contribution in [3.8, 4) is 11.5 Å². The molecule has 0 radical (unpaired) electrons. The summed E-state index contributed by atoms with van der Waals surface area (Å²) in [6.07, 6.45) is 3.56. The quantitative estimate of drug-likeness (QED) is 0.765. The van der Waals surface area contributed by atoms with Gasteiger partial charge >= 0.3 is 0 Å². The summed E-state index contributed by atoms with van der Waals surface area (Å²) in [6.45, 7) is 2.07. The van der Waals surface area contributed by atoms with Gasteiger partial charge < -0.3 is 14.7 Å². The van der Waals surface area contributed by atoms with Crippen molar-refractivity contribution >= 4 is 11.8 Å². The van der Waals surface area contributed by atoms with Gasteiger partial charge in [-0.3, -0.25) is 14.9 Å². The Hall–Kier alpha value is -2.74. The van der Waals surface area contributed by atoms with Crippen molar-refractivity contribution in [2.75, 3.05) is 19.6 Å². The average molecular weight is 395 g/mol. The number of carbonyl (C=O) groups is 2. The second kappa shape index (κ2) is 7.59. The van der Waals surface area contributed by atoms with Crippen LogP contribution in [-0.2, 0) is 9.59 Å². The van der Waals surface area contributed by atoms with Gasteiger partial charge in [0.05, 0.1) is 6.17 Å². The van der Waals surface area contributed by atoms with Crippen LogP contribution in [0.25, 0.3) is 11.5 Å². The van der Waals surface area contributed by atoms with E-state index in [0.717, 1.165) is 31.4 Å².